The van der Waals surface area contributed by atoms with Gasteiger partial charge in [-0.05, 0) is 6.42 Å². The van der Waals surface area contributed by atoms with Gasteiger partial charge in [0, 0.05) is 6.42 Å². The predicted molar refractivity (Wildman–Crippen MR) is 123 cm³/mol. The van der Waals surface area contributed by atoms with Crippen molar-refractivity contribution in [3.05, 3.63) is 0 Å². The number of methoxy groups -OCH3 is 2. The molecule has 0 saturated heterocycles. The summed E-state index contributed by atoms with van der Waals surface area (Å²) in [7, 11) is 2.85. The van der Waals surface area contributed by atoms with Gasteiger partial charge >= 0.3 is 24.0 Å². The van der Waals surface area contributed by atoms with Gasteiger partial charge in [0.15, 0.2) is 0 Å². The van der Waals surface area contributed by atoms with Crippen molar-refractivity contribution in [3.63, 3.8) is 0 Å². The Morgan fingerprint density at radius 3 is 1.32 bits per heavy atom. The zero-order chi connectivity index (χ0) is 22.6. The van der Waals surface area contributed by atoms with Gasteiger partial charge in [-0.25, -0.2) is 0 Å². The number of carbonyl (C=O) groups is 1. The molecule has 0 unspecified atom stereocenters. The van der Waals surface area contributed by atoms with E-state index in [1.807, 2.05) is 0 Å². The standard InChI is InChI=1S/C24H43N3O4/c1-4-5-6-7-8-9-10-11-12-13-14-15-16-17-18-19-20-21(28)31-24-26-22(29-2)25-23(27-24)30-3/h4-20H2,1-3H3. The molecule has 178 valence electrons. The van der Waals surface area contributed by atoms with Crippen molar-refractivity contribution in [2.24, 2.45) is 0 Å². The van der Waals surface area contributed by atoms with Crippen molar-refractivity contribution in [1.29, 1.82) is 0 Å². The normalized spacial score (nSPS) is 10.8. The van der Waals surface area contributed by atoms with Crippen LogP contribution in [0.4, 0.5) is 0 Å². The maximum absolute atomic E-state index is 12.0. The van der Waals surface area contributed by atoms with E-state index in [0.29, 0.717) is 6.42 Å². The second-order valence-corrected chi connectivity index (χ2v) is 8.12. The second kappa shape index (κ2) is 18.8. The summed E-state index contributed by atoms with van der Waals surface area (Å²) in [5.41, 5.74) is 0. The van der Waals surface area contributed by atoms with Crippen molar-refractivity contribution in [3.8, 4) is 18.0 Å². The fourth-order valence-corrected chi connectivity index (χ4v) is 3.52. The SMILES string of the molecule is CCCCCCCCCCCCCCCCCCC(=O)Oc1nc(OC)nc(OC)n1. The van der Waals surface area contributed by atoms with Crippen LogP contribution in [-0.4, -0.2) is 35.1 Å². The van der Waals surface area contributed by atoms with Crippen molar-refractivity contribution in [2.75, 3.05) is 14.2 Å². The van der Waals surface area contributed by atoms with Gasteiger partial charge in [0.25, 0.3) is 0 Å². The molecule has 1 heterocycles. The molecule has 0 aromatic carbocycles. The van der Waals surface area contributed by atoms with Gasteiger partial charge < -0.3 is 14.2 Å². The first kappa shape index (κ1) is 27.1. The van der Waals surface area contributed by atoms with E-state index in [9.17, 15) is 4.79 Å². The lowest BCUT2D eigenvalue weighted by atomic mass is 10.0. The summed E-state index contributed by atoms with van der Waals surface area (Å²) in [6.45, 7) is 2.27. The van der Waals surface area contributed by atoms with Crippen molar-refractivity contribution < 1.29 is 19.0 Å². The molecule has 0 fully saturated rings. The highest BCUT2D eigenvalue weighted by atomic mass is 16.6. The largest absolute Gasteiger partial charge is 0.467 e. The Bertz CT molecular complexity index is 562. The van der Waals surface area contributed by atoms with Crippen LogP contribution in [0.2, 0.25) is 0 Å². The lowest BCUT2D eigenvalue weighted by Gasteiger charge is -2.06. The number of nitrogens with zero attached hydrogens (tertiary/aromatic N) is 3. The number of rotatable bonds is 20. The van der Waals surface area contributed by atoms with E-state index >= 15 is 0 Å². The monoisotopic (exact) mass is 437 g/mol. The molecule has 7 nitrogen and oxygen atoms in total. The molecule has 0 bridgehead atoms. The summed E-state index contributed by atoms with van der Waals surface area (Å²) in [5, 5.41) is 0. The van der Waals surface area contributed by atoms with Crippen LogP contribution in [0.5, 0.6) is 18.0 Å². The van der Waals surface area contributed by atoms with Crippen LogP contribution in [0.15, 0.2) is 0 Å². The molecule has 1 rings (SSSR count). The first-order valence-corrected chi connectivity index (χ1v) is 12.2. The van der Waals surface area contributed by atoms with Crippen molar-refractivity contribution in [1.82, 2.24) is 15.0 Å². The average molecular weight is 438 g/mol. The molecular formula is C24H43N3O4. The Hall–Kier alpha value is -1.92. The van der Waals surface area contributed by atoms with E-state index in [0.717, 1.165) is 12.8 Å². The molecule has 0 spiro atoms. The van der Waals surface area contributed by atoms with Crippen LogP contribution in [0.3, 0.4) is 0 Å². The van der Waals surface area contributed by atoms with E-state index in [4.69, 9.17) is 14.2 Å². The molecule has 0 aliphatic carbocycles. The van der Waals surface area contributed by atoms with Crippen LogP contribution >= 0.6 is 0 Å². The minimum atomic E-state index is -0.347. The molecular weight excluding hydrogens is 394 g/mol. The molecule has 1 aromatic heterocycles. The van der Waals surface area contributed by atoms with E-state index in [-0.39, 0.29) is 24.0 Å². The summed E-state index contributed by atoms with van der Waals surface area (Å²) >= 11 is 0. The third-order valence-corrected chi connectivity index (χ3v) is 5.38. The predicted octanol–water partition coefficient (Wildman–Crippen LogP) is 6.45. The van der Waals surface area contributed by atoms with Gasteiger partial charge in [-0.2, -0.15) is 0 Å². The van der Waals surface area contributed by atoms with Gasteiger partial charge in [0.05, 0.1) is 14.2 Å². The zero-order valence-corrected chi connectivity index (χ0v) is 20.0. The number of hydrogen-bond acceptors (Lipinski definition) is 7. The molecule has 1 aromatic rings. The summed E-state index contributed by atoms with van der Waals surface area (Å²) in [6.07, 6.45) is 21.2. The van der Waals surface area contributed by atoms with E-state index in [1.165, 1.54) is 104 Å². The first-order chi connectivity index (χ1) is 15.2. The van der Waals surface area contributed by atoms with Crippen LogP contribution in [-0.2, 0) is 4.79 Å². The van der Waals surface area contributed by atoms with Crippen molar-refractivity contribution >= 4 is 5.97 Å². The first-order valence-electron chi connectivity index (χ1n) is 12.2. The van der Waals surface area contributed by atoms with Gasteiger partial charge in [-0.3, -0.25) is 4.79 Å². The zero-order valence-electron chi connectivity index (χ0n) is 20.0. The maximum atomic E-state index is 12.0. The topological polar surface area (TPSA) is 83.4 Å². The van der Waals surface area contributed by atoms with Gasteiger partial charge in [-0.1, -0.05) is 103 Å². The number of unbranched alkanes of at least 4 members (excludes halogenated alkanes) is 15. The number of ether oxygens (including phenoxy) is 3. The van der Waals surface area contributed by atoms with Gasteiger partial charge in [0.2, 0.25) is 0 Å². The molecule has 0 saturated carbocycles. The molecule has 0 amide bonds. The summed E-state index contributed by atoms with van der Waals surface area (Å²) < 4.78 is 15.0. The summed E-state index contributed by atoms with van der Waals surface area (Å²) in [5.74, 6) is -0.347. The van der Waals surface area contributed by atoms with E-state index in [1.54, 1.807) is 0 Å². The highest BCUT2D eigenvalue weighted by molar-refractivity contribution is 5.71. The van der Waals surface area contributed by atoms with Gasteiger partial charge in [-0.15, -0.1) is 15.0 Å². The van der Waals surface area contributed by atoms with Crippen LogP contribution < -0.4 is 14.2 Å². The molecule has 0 aliphatic heterocycles. The Kier molecular flexibility index (Phi) is 16.5. The maximum Gasteiger partial charge on any atom is 0.333 e. The van der Waals surface area contributed by atoms with E-state index < -0.39 is 0 Å². The van der Waals surface area contributed by atoms with Crippen molar-refractivity contribution in [2.45, 2.75) is 116 Å². The number of aromatic nitrogens is 3. The molecule has 0 radical (unpaired) electrons. The minimum absolute atomic E-state index is 0.0528. The Balaban J connectivity index is 1.92. The Labute approximate surface area is 188 Å². The molecule has 7 heteroatoms. The van der Waals surface area contributed by atoms with Gasteiger partial charge in [0.1, 0.15) is 0 Å². The molecule has 0 N–H and O–H groups in total. The highest BCUT2D eigenvalue weighted by Crippen LogP contribution is 2.16. The average Bonchev–Trinajstić information content (AvgIpc) is 2.78. The smallest absolute Gasteiger partial charge is 0.333 e. The lowest BCUT2D eigenvalue weighted by Crippen LogP contribution is -2.11. The Morgan fingerprint density at radius 2 is 0.935 bits per heavy atom. The fourth-order valence-electron chi connectivity index (χ4n) is 3.52. The second-order valence-electron chi connectivity index (χ2n) is 8.12. The number of esters is 1. The summed E-state index contributed by atoms with van der Waals surface area (Å²) in [6, 6.07) is 0.0133. The van der Waals surface area contributed by atoms with Crippen LogP contribution in [0, 0.1) is 0 Å². The third-order valence-electron chi connectivity index (χ3n) is 5.38. The summed E-state index contributed by atoms with van der Waals surface area (Å²) in [4.78, 5) is 23.6. The lowest BCUT2D eigenvalue weighted by molar-refractivity contribution is -0.135. The Morgan fingerprint density at radius 1 is 0.581 bits per heavy atom. The number of carbonyl (C=O) groups excluding carboxylic acids is 1. The molecule has 31 heavy (non-hydrogen) atoms. The number of hydrogen-bond donors (Lipinski definition) is 0. The van der Waals surface area contributed by atoms with Crippen LogP contribution in [0.25, 0.3) is 0 Å². The fraction of sp³-hybridized carbons (Fsp3) is 0.833. The van der Waals surface area contributed by atoms with Crippen LogP contribution in [0.1, 0.15) is 116 Å². The molecule has 0 atom stereocenters. The third kappa shape index (κ3) is 14.7. The quantitative estimate of drug-likeness (QED) is 0.171. The molecule has 0 aliphatic rings. The highest BCUT2D eigenvalue weighted by Gasteiger charge is 2.12. The minimum Gasteiger partial charge on any atom is -0.467 e. The van der Waals surface area contributed by atoms with E-state index in [2.05, 4.69) is 21.9 Å².